The van der Waals surface area contributed by atoms with E-state index < -0.39 is 0 Å². The molecule has 1 N–H and O–H groups in total. The van der Waals surface area contributed by atoms with Crippen molar-refractivity contribution in [3.8, 4) is 0 Å². The van der Waals surface area contributed by atoms with Gasteiger partial charge in [0, 0.05) is 41.7 Å². The predicted octanol–water partition coefficient (Wildman–Crippen LogP) is 3.61. The van der Waals surface area contributed by atoms with Crippen molar-refractivity contribution >= 4 is 16.8 Å². The lowest BCUT2D eigenvalue weighted by molar-refractivity contribution is 0.0728. The number of aromatic amines is 1. The molecule has 0 radical (unpaired) electrons. The summed E-state index contributed by atoms with van der Waals surface area (Å²) >= 11 is 0. The molecule has 0 atom stereocenters. The molecule has 1 amide bonds. The van der Waals surface area contributed by atoms with Crippen LogP contribution in [0.2, 0.25) is 0 Å². The van der Waals surface area contributed by atoms with Crippen LogP contribution < -0.4 is 0 Å². The van der Waals surface area contributed by atoms with Gasteiger partial charge in [-0.2, -0.15) is 5.10 Å². The summed E-state index contributed by atoms with van der Waals surface area (Å²) in [5, 5.41) is 5.63. The lowest BCUT2D eigenvalue weighted by atomic mass is 10.1. The summed E-state index contributed by atoms with van der Waals surface area (Å²) < 4.78 is 2.06. The molecular formula is C22H20N4O. The fourth-order valence-corrected chi connectivity index (χ4v) is 3.82. The monoisotopic (exact) mass is 356 g/mol. The van der Waals surface area contributed by atoms with E-state index in [1.165, 1.54) is 11.3 Å². The highest BCUT2D eigenvalue weighted by molar-refractivity contribution is 5.98. The van der Waals surface area contributed by atoms with E-state index in [4.69, 9.17) is 0 Å². The number of rotatable bonds is 3. The Morgan fingerprint density at radius 1 is 1.07 bits per heavy atom. The van der Waals surface area contributed by atoms with Crippen molar-refractivity contribution in [3.63, 3.8) is 0 Å². The van der Waals surface area contributed by atoms with Crippen LogP contribution in [0.5, 0.6) is 0 Å². The quantitative estimate of drug-likeness (QED) is 0.610. The van der Waals surface area contributed by atoms with Crippen molar-refractivity contribution in [1.82, 2.24) is 19.7 Å². The van der Waals surface area contributed by atoms with Crippen LogP contribution in [0, 0.1) is 0 Å². The Morgan fingerprint density at radius 3 is 2.74 bits per heavy atom. The molecule has 0 saturated heterocycles. The average molecular weight is 356 g/mol. The van der Waals surface area contributed by atoms with Crippen LogP contribution in [0.1, 0.15) is 27.3 Å². The maximum absolute atomic E-state index is 12.9. The topological polar surface area (TPSA) is 53.9 Å². The van der Waals surface area contributed by atoms with E-state index in [1.54, 1.807) is 0 Å². The Kier molecular flexibility index (Phi) is 3.78. The number of aromatic nitrogens is 3. The minimum atomic E-state index is 0.0488. The molecule has 1 aliphatic heterocycles. The molecule has 5 nitrogen and oxygen atoms in total. The molecule has 0 saturated carbocycles. The highest BCUT2D eigenvalue weighted by atomic mass is 16.2. The molecule has 0 fully saturated rings. The Bertz CT molecular complexity index is 1080. The summed E-state index contributed by atoms with van der Waals surface area (Å²) in [5.41, 5.74) is 5.26. The smallest absolute Gasteiger partial charge is 0.270 e. The average Bonchev–Trinajstić information content (AvgIpc) is 3.32. The number of nitrogens with zero attached hydrogens (tertiary/aromatic N) is 3. The molecule has 3 heterocycles. The number of fused-ring (bicyclic) bond motifs is 2. The zero-order chi connectivity index (χ0) is 18.2. The third-order valence-electron chi connectivity index (χ3n) is 5.24. The van der Waals surface area contributed by atoms with E-state index in [1.807, 2.05) is 59.6 Å². The maximum atomic E-state index is 12.9. The Labute approximate surface area is 157 Å². The fraction of sp³-hybridized carbons (Fsp3) is 0.182. The second kappa shape index (κ2) is 6.43. The first-order valence-corrected chi connectivity index (χ1v) is 9.22. The molecule has 134 valence electrons. The summed E-state index contributed by atoms with van der Waals surface area (Å²) in [6.45, 7) is 2.09. The SMILES string of the molecule is O=C(c1cc2ccccc2[nH]1)N1CCc2c(cnn2Cc2ccccc2)C1. The molecule has 0 unspecified atom stereocenters. The predicted molar refractivity (Wildman–Crippen MR) is 105 cm³/mol. The molecule has 0 aliphatic carbocycles. The molecule has 1 aliphatic rings. The third kappa shape index (κ3) is 2.91. The molecule has 0 spiro atoms. The van der Waals surface area contributed by atoms with Gasteiger partial charge < -0.3 is 9.88 Å². The molecule has 2 aromatic heterocycles. The van der Waals surface area contributed by atoms with E-state index in [0.29, 0.717) is 18.8 Å². The number of carbonyl (C=O) groups is 1. The number of hydrogen-bond donors (Lipinski definition) is 1. The normalized spacial score (nSPS) is 13.7. The lowest BCUT2D eigenvalue weighted by Gasteiger charge is -2.27. The molecule has 2 aromatic carbocycles. The van der Waals surface area contributed by atoms with Crippen molar-refractivity contribution in [1.29, 1.82) is 0 Å². The highest BCUT2D eigenvalue weighted by Crippen LogP contribution is 2.22. The molecule has 27 heavy (non-hydrogen) atoms. The maximum Gasteiger partial charge on any atom is 0.270 e. The van der Waals surface area contributed by atoms with Gasteiger partial charge in [-0.3, -0.25) is 9.48 Å². The van der Waals surface area contributed by atoms with Crippen LogP contribution >= 0.6 is 0 Å². The van der Waals surface area contributed by atoms with Crippen LogP contribution in [-0.4, -0.2) is 32.1 Å². The summed E-state index contributed by atoms with van der Waals surface area (Å²) in [4.78, 5) is 18.1. The number of amides is 1. The second-order valence-corrected chi connectivity index (χ2v) is 7.01. The number of para-hydroxylation sites is 1. The minimum absolute atomic E-state index is 0.0488. The molecular weight excluding hydrogens is 336 g/mol. The number of carbonyl (C=O) groups excluding carboxylic acids is 1. The van der Waals surface area contributed by atoms with Crippen molar-refractivity contribution < 1.29 is 4.79 Å². The van der Waals surface area contributed by atoms with Gasteiger partial charge in [0.15, 0.2) is 0 Å². The van der Waals surface area contributed by atoms with Gasteiger partial charge in [-0.1, -0.05) is 48.5 Å². The van der Waals surface area contributed by atoms with Gasteiger partial charge in [0.25, 0.3) is 5.91 Å². The number of hydrogen-bond acceptors (Lipinski definition) is 2. The first-order chi connectivity index (χ1) is 13.3. The first kappa shape index (κ1) is 15.9. The van der Waals surface area contributed by atoms with Crippen LogP contribution in [0.4, 0.5) is 0 Å². The molecule has 0 bridgehead atoms. The van der Waals surface area contributed by atoms with Gasteiger partial charge in [-0.05, 0) is 17.7 Å². The van der Waals surface area contributed by atoms with E-state index in [2.05, 4.69) is 26.9 Å². The van der Waals surface area contributed by atoms with Crippen molar-refractivity contribution in [2.75, 3.05) is 6.54 Å². The number of H-pyrrole nitrogens is 1. The van der Waals surface area contributed by atoms with Crippen LogP contribution in [0.15, 0.2) is 66.9 Å². The number of nitrogens with one attached hydrogen (secondary N) is 1. The van der Waals surface area contributed by atoms with Crippen LogP contribution in [-0.2, 0) is 19.5 Å². The van der Waals surface area contributed by atoms with Crippen molar-refractivity contribution in [2.45, 2.75) is 19.5 Å². The molecule has 5 heteroatoms. The largest absolute Gasteiger partial charge is 0.351 e. The minimum Gasteiger partial charge on any atom is -0.351 e. The summed E-state index contributed by atoms with van der Waals surface area (Å²) in [7, 11) is 0. The van der Waals surface area contributed by atoms with Gasteiger partial charge in [-0.25, -0.2) is 0 Å². The van der Waals surface area contributed by atoms with E-state index in [-0.39, 0.29) is 5.91 Å². The van der Waals surface area contributed by atoms with Gasteiger partial charge in [-0.15, -0.1) is 0 Å². The van der Waals surface area contributed by atoms with E-state index in [0.717, 1.165) is 29.4 Å². The first-order valence-electron chi connectivity index (χ1n) is 9.22. The Morgan fingerprint density at radius 2 is 1.89 bits per heavy atom. The highest BCUT2D eigenvalue weighted by Gasteiger charge is 2.25. The Balaban J connectivity index is 1.36. The van der Waals surface area contributed by atoms with Crippen LogP contribution in [0.3, 0.4) is 0 Å². The van der Waals surface area contributed by atoms with Crippen molar-refractivity contribution in [2.24, 2.45) is 0 Å². The van der Waals surface area contributed by atoms with Crippen molar-refractivity contribution in [3.05, 3.63) is 89.4 Å². The zero-order valence-corrected chi connectivity index (χ0v) is 14.9. The summed E-state index contributed by atoms with van der Waals surface area (Å²) in [5.74, 6) is 0.0488. The summed E-state index contributed by atoms with van der Waals surface area (Å²) in [6, 6.07) is 20.3. The Hall–Kier alpha value is -3.34. The summed E-state index contributed by atoms with van der Waals surface area (Å²) in [6.07, 6.45) is 2.73. The van der Waals surface area contributed by atoms with Gasteiger partial charge in [0.2, 0.25) is 0 Å². The third-order valence-corrected chi connectivity index (χ3v) is 5.24. The second-order valence-electron chi connectivity index (χ2n) is 7.01. The van der Waals surface area contributed by atoms with E-state index >= 15 is 0 Å². The zero-order valence-electron chi connectivity index (χ0n) is 14.9. The molecule has 5 rings (SSSR count). The van der Waals surface area contributed by atoms with Crippen LogP contribution in [0.25, 0.3) is 10.9 Å². The lowest BCUT2D eigenvalue weighted by Crippen LogP contribution is -2.36. The van der Waals surface area contributed by atoms with Gasteiger partial charge in [0.05, 0.1) is 12.7 Å². The van der Waals surface area contributed by atoms with Gasteiger partial charge >= 0.3 is 0 Å². The van der Waals surface area contributed by atoms with Gasteiger partial charge in [0.1, 0.15) is 5.69 Å². The standard InChI is InChI=1S/C22H20N4O/c27-22(20-12-17-8-4-5-9-19(17)24-20)25-11-10-21-18(15-25)13-23-26(21)14-16-6-2-1-3-7-16/h1-9,12-13,24H,10-11,14-15H2. The molecule has 4 aromatic rings. The fourth-order valence-electron chi connectivity index (χ4n) is 3.82. The van der Waals surface area contributed by atoms with E-state index in [9.17, 15) is 4.79 Å². The number of benzene rings is 2.